The van der Waals surface area contributed by atoms with Gasteiger partial charge in [-0.25, -0.2) is 4.68 Å². The van der Waals surface area contributed by atoms with E-state index in [4.69, 9.17) is 0 Å². The molecule has 0 fully saturated rings. The molecule has 0 saturated carbocycles. The Bertz CT molecular complexity index is 671. The molecule has 106 valence electrons. The lowest BCUT2D eigenvalue weighted by atomic mass is 10.1. The molecule has 2 rings (SSSR count). The Kier molecular flexibility index (Phi) is 3.31. The van der Waals surface area contributed by atoms with Gasteiger partial charge in [0.25, 0.3) is 5.69 Å². The zero-order valence-corrected chi connectivity index (χ0v) is 11.8. The molecule has 0 amide bonds. The highest BCUT2D eigenvalue weighted by Gasteiger charge is 2.23. The van der Waals surface area contributed by atoms with Gasteiger partial charge in [-0.3, -0.25) is 10.1 Å². The van der Waals surface area contributed by atoms with Crippen LogP contribution in [-0.4, -0.2) is 25.0 Å². The SMILES string of the molecule is Cc1cc(-n2cc(C(C)(C)O)nn2)c([N+](=O)[O-])cc1C. The number of nitrogens with zero attached hydrogens (tertiary/aromatic N) is 4. The van der Waals surface area contributed by atoms with Gasteiger partial charge in [0.1, 0.15) is 17.0 Å². The monoisotopic (exact) mass is 276 g/mol. The predicted octanol–water partition coefficient (Wildman–Crippen LogP) is 2.02. The summed E-state index contributed by atoms with van der Waals surface area (Å²) < 4.78 is 1.32. The van der Waals surface area contributed by atoms with Crippen LogP contribution in [0.15, 0.2) is 18.3 Å². The third-order valence-corrected chi connectivity index (χ3v) is 3.15. The summed E-state index contributed by atoms with van der Waals surface area (Å²) in [7, 11) is 0. The number of rotatable bonds is 3. The van der Waals surface area contributed by atoms with Crippen LogP contribution < -0.4 is 0 Å². The molecule has 0 spiro atoms. The van der Waals surface area contributed by atoms with Gasteiger partial charge in [-0.05, 0) is 44.9 Å². The van der Waals surface area contributed by atoms with Crippen molar-refractivity contribution in [2.45, 2.75) is 33.3 Å². The summed E-state index contributed by atoms with van der Waals surface area (Å²) >= 11 is 0. The quantitative estimate of drug-likeness (QED) is 0.683. The van der Waals surface area contributed by atoms with E-state index in [1.54, 1.807) is 19.9 Å². The zero-order valence-electron chi connectivity index (χ0n) is 11.8. The van der Waals surface area contributed by atoms with E-state index in [1.165, 1.54) is 16.9 Å². The number of hydrogen-bond acceptors (Lipinski definition) is 5. The predicted molar refractivity (Wildman–Crippen MR) is 72.7 cm³/mol. The fourth-order valence-corrected chi connectivity index (χ4v) is 1.78. The lowest BCUT2D eigenvalue weighted by Crippen LogP contribution is -2.15. The first-order chi connectivity index (χ1) is 9.20. The number of nitro groups is 1. The van der Waals surface area contributed by atoms with Crippen LogP contribution in [0.1, 0.15) is 30.7 Å². The topological polar surface area (TPSA) is 94.1 Å². The van der Waals surface area contributed by atoms with Crippen molar-refractivity contribution < 1.29 is 10.0 Å². The lowest BCUT2D eigenvalue weighted by molar-refractivity contribution is -0.384. The van der Waals surface area contributed by atoms with Gasteiger partial charge in [-0.1, -0.05) is 5.21 Å². The zero-order chi connectivity index (χ0) is 15.1. The largest absolute Gasteiger partial charge is 0.384 e. The summed E-state index contributed by atoms with van der Waals surface area (Å²) in [4.78, 5) is 10.7. The fraction of sp³-hybridized carbons (Fsp3) is 0.385. The summed E-state index contributed by atoms with van der Waals surface area (Å²) in [6.45, 7) is 6.85. The van der Waals surface area contributed by atoms with Crippen molar-refractivity contribution in [3.63, 3.8) is 0 Å². The Morgan fingerprint density at radius 1 is 1.30 bits per heavy atom. The van der Waals surface area contributed by atoms with Crippen LogP contribution in [0.4, 0.5) is 5.69 Å². The summed E-state index contributed by atoms with van der Waals surface area (Å²) in [6, 6.07) is 3.20. The van der Waals surface area contributed by atoms with E-state index in [-0.39, 0.29) is 5.69 Å². The van der Waals surface area contributed by atoms with Gasteiger partial charge in [0.15, 0.2) is 0 Å². The first-order valence-corrected chi connectivity index (χ1v) is 6.11. The molecule has 0 radical (unpaired) electrons. The minimum Gasteiger partial charge on any atom is -0.384 e. The second-order valence-corrected chi connectivity index (χ2v) is 5.29. The van der Waals surface area contributed by atoms with Crippen LogP contribution in [0.25, 0.3) is 5.69 Å². The van der Waals surface area contributed by atoms with E-state index < -0.39 is 10.5 Å². The van der Waals surface area contributed by atoms with Gasteiger partial charge in [0.2, 0.25) is 0 Å². The molecule has 20 heavy (non-hydrogen) atoms. The van der Waals surface area contributed by atoms with Gasteiger partial charge in [0.05, 0.1) is 11.1 Å². The van der Waals surface area contributed by atoms with E-state index in [1.807, 2.05) is 13.8 Å². The maximum atomic E-state index is 11.2. The first-order valence-electron chi connectivity index (χ1n) is 6.11. The molecule has 1 N–H and O–H groups in total. The smallest absolute Gasteiger partial charge is 0.295 e. The molecule has 1 heterocycles. The van der Waals surface area contributed by atoms with Crippen LogP contribution in [0, 0.1) is 24.0 Å². The molecule has 0 atom stereocenters. The van der Waals surface area contributed by atoms with Crippen LogP contribution in [0.2, 0.25) is 0 Å². The fourth-order valence-electron chi connectivity index (χ4n) is 1.78. The van der Waals surface area contributed by atoms with Crippen LogP contribution in [-0.2, 0) is 5.60 Å². The molecule has 0 bridgehead atoms. The average molecular weight is 276 g/mol. The molecule has 0 saturated heterocycles. The minimum atomic E-state index is -1.15. The van der Waals surface area contributed by atoms with Gasteiger partial charge >= 0.3 is 0 Å². The van der Waals surface area contributed by atoms with Crippen molar-refractivity contribution in [3.8, 4) is 5.69 Å². The Morgan fingerprint density at radius 3 is 2.40 bits per heavy atom. The molecule has 2 aromatic rings. The van der Waals surface area contributed by atoms with Crippen molar-refractivity contribution in [3.05, 3.63) is 45.3 Å². The number of aryl methyl sites for hydroxylation is 2. The molecule has 0 unspecified atom stereocenters. The van der Waals surface area contributed by atoms with Gasteiger partial charge in [-0.2, -0.15) is 0 Å². The Balaban J connectivity index is 2.60. The second-order valence-electron chi connectivity index (χ2n) is 5.29. The second kappa shape index (κ2) is 4.68. The molecule has 7 nitrogen and oxygen atoms in total. The van der Waals surface area contributed by atoms with Gasteiger partial charge in [0, 0.05) is 6.07 Å². The van der Waals surface area contributed by atoms with Gasteiger partial charge in [-0.15, -0.1) is 5.10 Å². The molecular formula is C13H16N4O3. The molecule has 0 aliphatic carbocycles. The van der Waals surface area contributed by atoms with Crippen molar-refractivity contribution in [1.82, 2.24) is 15.0 Å². The Hall–Kier alpha value is -2.28. The van der Waals surface area contributed by atoms with Crippen LogP contribution in [0.3, 0.4) is 0 Å². The first kappa shape index (κ1) is 14.1. The Labute approximate surface area is 116 Å². The summed E-state index contributed by atoms with van der Waals surface area (Å²) in [5.74, 6) is 0. The highest BCUT2D eigenvalue weighted by molar-refractivity contribution is 5.56. The third kappa shape index (κ3) is 2.53. The molecule has 1 aromatic heterocycles. The van der Waals surface area contributed by atoms with Crippen molar-refractivity contribution in [2.75, 3.05) is 0 Å². The van der Waals surface area contributed by atoms with Crippen molar-refractivity contribution in [2.24, 2.45) is 0 Å². The maximum absolute atomic E-state index is 11.2. The highest BCUT2D eigenvalue weighted by atomic mass is 16.6. The summed E-state index contributed by atoms with van der Waals surface area (Å²) in [5.41, 5.74) is 1.26. The number of benzene rings is 1. The summed E-state index contributed by atoms with van der Waals surface area (Å²) in [5, 5.41) is 28.8. The molecule has 0 aliphatic heterocycles. The Morgan fingerprint density at radius 2 is 1.90 bits per heavy atom. The number of aromatic nitrogens is 3. The lowest BCUT2D eigenvalue weighted by Gasteiger charge is -2.12. The number of nitro benzene ring substituents is 1. The molecule has 7 heteroatoms. The van der Waals surface area contributed by atoms with E-state index >= 15 is 0 Å². The normalized spacial score (nSPS) is 11.7. The molecular weight excluding hydrogens is 260 g/mol. The van der Waals surface area contributed by atoms with E-state index in [0.29, 0.717) is 11.4 Å². The number of hydrogen-bond donors (Lipinski definition) is 1. The standard InChI is InChI=1S/C13H16N4O3/c1-8-5-10(11(17(19)20)6-9(8)2)16-7-12(14-15-16)13(3,4)18/h5-7,18H,1-4H3. The third-order valence-electron chi connectivity index (χ3n) is 3.15. The average Bonchev–Trinajstić information content (AvgIpc) is 2.80. The van der Waals surface area contributed by atoms with Gasteiger partial charge < -0.3 is 5.11 Å². The van der Waals surface area contributed by atoms with E-state index in [0.717, 1.165) is 11.1 Å². The highest BCUT2D eigenvalue weighted by Crippen LogP contribution is 2.27. The van der Waals surface area contributed by atoms with E-state index in [9.17, 15) is 15.2 Å². The minimum absolute atomic E-state index is 0.0414. The van der Waals surface area contributed by atoms with Crippen LogP contribution in [0.5, 0.6) is 0 Å². The van der Waals surface area contributed by atoms with E-state index in [2.05, 4.69) is 10.3 Å². The molecule has 0 aliphatic rings. The number of aliphatic hydroxyl groups is 1. The van der Waals surface area contributed by atoms with Crippen molar-refractivity contribution >= 4 is 5.69 Å². The van der Waals surface area contributed by atoms with Crippen LogP contribution >= 0.6 is 0 Å². The summed E-state index contributed by atoms with van der Waals surface area (Å²) in [6.07, 6.45) is 1.50. The maximum Gasteiger partial charge on any atom is 0.295 e. The molecule has 1 aromatic carbocycles. The van der Waals surface area contributed by atoms with Crippen molar-refractivity contribution in [1.29, 1.82) is 0 Å².